The molecule has 17 heavy (non-hydrogen) atoms. The molecule has 0 aromatic heterocycles. The quantitative estimate of drug-likeness (QED) is 0.683. The number of ether oxygens (including phenoxy) is 1. The number of hydrogen-bond donors (Lipinski definition) is 1. The van der Waals surface area contributed by atoms with Crippen LogP contribution in [0.5, 0.6) is 0 Å². The molecule has 0 amide bonds. The third-order valence-corrected chi connectivity index (χ3v) is 4.07. The minimum absolute atomic E-state index is 0.120. The van der Waals surface area contributed by atoms with Crippen LogP contribution in [-0.2, 0) is 4.74 Å². The summed E-state index contributed by atoms with van der Waals surface area (Å²) in [6.45, 7) is 8.63. The average Bonchev–Trinajstić information content (AvgIpc) is 2.57. The highest BCUT2D eigenvalue weighted by atomic mass is 16.5. The van der Waals surface area contributed by atoms with Gasteiger partial charge in [-0.1, -0.05) is 39.5 Å². The molecule has 1 aliphatic carbocycles. The molecule has 2 nitrogen and oxygen atoms in total. The fourth-order valence-corrected chi connectivity index (χ4v) is 3.23. The molecule has 0 heterocycles. The van der Waals surface area contributed by atoms with Gasteiger partial charge in [0, 0.05) is 12.6 Å². The summed E-state index contributed by atoms with van der Waals surface area (Å²) in [6, 6.07) is 0.542. The van der Waals surface area contributed by atoms with Crippen LogP contribution in [0, 0.1) is 0 Å². The van der Waals surface area contributed by atoms with E-state index < -0.39 is 0 Å². The summed E-state index contributed by atoms with van der Waals surface area (Å²) in [7, 11) is 0. The lowest BCUT2D eigenvalue weighted by Gasteiger charge is -2.40. The molecule has 1 rings (SSSR count). The molecular formula is C15H31NO. The van der Waals surface area contributed by atoms with Crippen molar-refractivity contribution in [2.24, 2.45) is 0 Å². The minimum atomic E-state index is 0.120. The highest BCUT2D eigenvalue weighted by molar-refractivity contribution is 4.94. The Balaban J connectivity index is 2.70. The third-order valence-electron chi connectivity index (χ3n) is 4.07. The van der Waals surface area contributed by atoms with Gasteiger partial charge in [0.15, 0.2) is 0 Å². The molecule has 1 N–H and O–H groups in total. The maximum atomic E-state index is 6.24. The zero-order valence-corrected chi connectivity index (χ0v) is 12.1. The monoisotopic (exact) mass is 241 g/mol. The molecule has 0 saturated heterocycles. The van der Waals surface area contributed by atoms with Crippen molar-refractivity contribution in [3.8, 4) is 0 Å². The highest BCUT2D eigenvalue weighted by Crippen LogP contribution is 2.34. The SMILES string of the molecule is CCCNC(CC)C1(OCC)CCCCCC1. The van der Waals surface area contributed by atoms with Gasteiger partial charge in [0.2, 0.25) is 0 Å². The second kappa shape index (κ2) is 8.10. The third kappa shape index (κ3) is 4.26. The zero-order valence-electron chi connectivity index (χ0n) is 12.1. The first-order valence-corrected chi connectivity index (χ1v) is 7.66. The fourth-order valence-electron chi connectivity index (χ4n) is 3.23. The van der Waals surface area contributed by atoms with Crippen molar-refractivity contribution in [2.75, 3.05) is 13.2 Å². The molecular weight excluding hydrogens is 210 g/mol. The van der Waals surface area contributed by atoms with Crippen LogP contribution < -0.4 is 5.32 Å². The second-order valence-electron chi connectivity index (χ2n) is 5.33. The van der Waals surface area contributed by atoms with E-state index in [-0.39, 0.29) is 5.60 Å². The molecule has 0 aromatic carbocycles. The van der Waals surface area contributed by atoms with E-state index in [0.29, 0.717) is 6.04 Å². The van der Waals surface area contributed by atoms with Crippen LogP contribution >= 0.6 is 0 Å². The second-order valence-corrected chi connectivity index (χ2v) is 5.33. The van der Waals surface area contributed by atoms with Gasteiger partial charge in [-0.2, -0.15) is 0 Å². The maximum absolute atomic E-state index is 6.24. The Morgan fingerprint density at radius 3 is 2.18 bits per heavy atom. The van der Waals surface area contributed by atoms with Gasteiger partial charge in [0.05, 0.1) is 5.60 Å². The number of hydrogen-bond acceptors (Lipinski definition) is 2. The van der Waals surface area contributed by atoms with Crippen molar-refractivity contribution < 1.29 is 4.74 Å². The van der Waals surface area contributed by atoms with Crippen molar-refractivity contribution in [2.45, 2.75) is 83.8 Å². The van der Waals surface area contributed by atoms with Gasteiger partial charge >= 0.3 is 0 Å². The lowest BCUT2D eigenvalue weighted by molar-refractivity contribution is -0.0775. The Labute approximate surface area is 108 Å². The van der Waals surface area contributed by atoms with Crippen LogP contribution in [0.2, 0.25) is 0 Å². The first kappa shape index (κ1) is 15.0. The smallest absolute Gasteiger partial charge is 0.0834 e. The van der Waals surface area contributed by atoms with Crippen molar-refractivity contribution >= 4 is 0 Å². The molecule has 0 radical (unpaired) electrons. The van der Waals surface area contributed by atoms with Crippen molar-refractivity contribution in [1.29, 1.82) is 0 Å². The summed E-state index contributed by atoms with van der Waals surface area (Å²) in [6.07, 6.45) is 10.3. The number of nitrogens with one attached hydrogen (secondary N) is 1. The summed E-state index contributed by atoms with van der Waals surface area (Å²) in [5, 5.41) is 3.72. The minimum Gasteiger partial charge on any atom is -0.374 e. The van der Waals surface area contributed by atoms with E-state index >= 15 is 0 Å². The van der Waals surface area contributed by atoms with Crippen LogP contribution in [0.25, 0.3) is 0 Å². The van der Waals surface area contributed by atoms with Gasteiger partial charge < -0.3 is 10.1 Å². The molecule has 1 aliphatic rings. The molecule has 0 aromatic rings. The van der Waals surface area contributed by atoms with E-state index in [1.54, 1.807) is 0 Å². The van der Waals surface area contributed by atoms with Crippen molar-refractivity contribution in [1.82, 2.24) is 5.32 Å². The summed E-state index contributed by atoms with van der Waals surface area (Å²) >= 11 is 0. The Bertz CT molecular complexity index is 185. The summed E-state index contributed by atoms with van der Waals surface area (Å²) in [4.78, 5) is 0. The fraction of sp³-hybridized carbons (Fsp3) is 1.00. The molecule has 0 spiro atoms. The first-order chi connectivity index (χ1) is 8.29. The van der Waals surface area contributed by atoms with E-state index in [4.69, 9.17) is 4.74 Å². The molecule has 1 atom stereocenters. The van der Waals surface area contributed by atoms with Crippen LogP contribution in [0.3, 0.4) is 0 Å². The Hall–Kier alpha value is -0.0800. The van der Waals surface area contributed by atoms with E-state index in [1.165, 1.54) is 51.4 Å². The van der Waals surface area contributed by atoms with Crippen LogP contribution in [-0.4, -0.2) is 24.8 Å². The summed E-state index contributed by atoms with van der Waals surface area (Å²) in [5.74, 6) is 0. The Morgan fingerprint density at radius 2 is 1.71 bits per heavy atom. The molecule has 1 saturated carbocycles. The Kier molecular flexibility index (Phi) is 7.14. The van der Waals surface area contributed by atoms with Gasteiger partial charge in [-0.05, 0) is 39.2 Å². The van der Waals surface area contributed by atoms with Gasteiger partial charge in [-0.15, -0.1) is 0 Å². The average molecular weight is 241 g/mol. The Morgan fingerprint density at radius 1 is 1.06 bits per heavy atom. The maximum Gasteiger partial charge on any atom is 0.0834 e. The molecule has 2 heteroatoms. The van der Waals surface area contributed by atoms with E-state index in [0.717, 1.165) is 13.2 Å². The lowest BCUT2D eigenvalue weighted by Crippen LogP contribution is -2.52. The first-order valence-electron chi connectivity index (χ1n) is 7.66. The molecule has 0 bridgehead atoms. The van der Waals surface area contributed by atoms with Gasteiger partial charge in [-0.25, -0.2) is 0 Å². The van der Waals surface area contributed by atoms with Crippen molar-refractivity contribution in [3.63, 3.8) is 0 Å². The van der Waals surface area contributed by atoms with Gasteiger partial charge in [0.1, 0.15) is 0 Å². The lowest BCUT2D eigenvalue weighted by atomic mass is 9.84. The van der Waals surface area contributed by atoms with E-state index in [9.17, 15) is 0 Å². The van der Waals surface area contributed by atoms with Crippen molar-refractivity contribution in [3.05, 3.63) is 0 Å². The van der Waals surface area contributed by atoms with Crippen LogP contribution in [0.1, 0.15) is 72.1 Å². The van der Waals surface area contributed by atoms with Crippen LogP contribution in [0.15, 0.2) is 0 Å². The normalized spacial score (nSPS) is 22.1. The molecule has 1 unspecified atom stereocenters. The van der Waals surface area contributed by atoms with E-state index in [1.807, 2.05) is 0 Å². The molecule has 0 aliphatic heterocycles. The largest absolute Gasteiger partial charge is 0.374 e. The van der Waals surface area contributed by atoms with Gasteiger partial charge in [-0.3, -0.25) is 0 Å². The predicted octanol–water partition coefficient (Wildman–Crippen LogP) is 3.89. The van der Waals surface area contributed by atoms with Gasteiger partial charge in [0.25, 0.3) is 0 Å². The van der Waals surface area contributed by atoms with Crippen LogP contribution in [0.4, 0.5) is 0 Å². The number of rotatable bonds is 7. The predicted molar refractivity (Wildman–Crippen MR) is 74.4 cm³/mol. The highest BCUT2D eigenvalue weighted by Gasteiger charge is 2.38. The summed E-state index contributed by atoms with van der Waals surface area (Å²) < 4.78 is 6.24. The van der Waals surface area contributed by atoms with E-state index in [2.05, 4.69) is 26.1 Å². The molecule has 102 valence electrons. The zero-order chi connectivity index (χ0) is 12.6. The summed E-state index contributed by atoms with van der Waals surface area (Å²) in [5.41, 5.74) is 0.120. The standard InChI is InChI=1S/C15H31NO/c1-4-13-16-14(5-2)15(17-6-3)11-9-7-8-10-12-15/h14,16H,4-13H2,1-3H3. The topological polar surface area (TPSA) is 21.3 Å². The molecule has 1 fully saturated rings.